The number of hydrogen-bond donors (Lipinski definition) is 4. The monoisotopic (exact) mass is 509 g/mol. The lowest BCUT2D eigenvalue weighted by Gasteiger charge is -2.18. The fraction of sp³-hybridized carbons (Fsp3) is 0.100. The van der Waals surface area contributed by atoms with Crippen LogP contribution in [0.3, 0.4) is 0 Å². The summed E-state index contributed by atoms with van der Waals surface area (Å²) in [4.78, 5) is 36.1. The van der Waals surface area contributed by atoms with Gasteiger partial charge in [-0.2, -0.15) is 0 Å². The van der Waals surface area contributed by atoms with Gasteiger partial charge in [0, 0.05) is 23.5 Å². The van der Waals surface area contributed by atoms with E-state index in [1.165, 1.54) is 0 Å². The van der Waals surface area contributed by atoms with Crippen LogP contribution in [-0.4, -0.2) is 23.0 Å². The molecule has 8 heteroatoms. The molecule has 0 aromatic heterocycles. The molecule has 0 aliphatic heterocycles. The fourth-order valence-electron chi connectivity index (χ4n) is 3.70. The molecule has 0 fully saturated rings. The second kappa shape index (κ2) is 12.7. The largest absolute Gasteiger partial charge is 0.485 e. The molecule has 0 radical (unpaired) electrons. The molecule has 0 bridgehead atoms. The van der Waals surface area contributed by atoms with Crippen molar-refractivity contribution in [2.45, 2.75) is 19.1 Å². The molecular formula is C30H27N3O5. The summed E-state index contributed by atoms with van der Waals surface area (Å²) in [5.41, 5.74) is 3.29. The third kappa shape index (κ3) is 7.69. The van der Waals surface area contributed by atoms with E-state index in [0.717, 1.165) is 11.1 Å². The van der Waals surface area contributed by atoms with Gasteiger partial charge in [0.2, 0.25) is 0 Å². The zero-order valence-corrected chi connectivity index (χ0v) is 20.5. The topological polar surface area (TPSA) is 117 Å². The first-order valence-electron chi connectivity index (χ1n) is 12.0. The molecule has 0 aliphatic carbocycles. The Labute approximate surface area is 220 Å². The summed E-state index contributed by atoms with van der Waals surface area (Å²) in [6, 6.07) is 31.7. The Hall–Kier alpha value is -5.11. The normalized spacial score (nSPS) is 11.2. The third-order valence-electron chi connectivity index (χ3n) is 5.62. The van der Waals surface area contributed by atoms with Crippen LogP contribution in [0.1, 0.15) is 34.0 Å². The smallest absolute Gasteiger partial charge is 0.319 e. The van der Waals surface area contributed by atoms with Crippen molar-refractivity contribution in [1.82, 2.24) is 5.32 Å². The SMILES string of the molecule is O=C(O)CC(Oc1ccc(NC(=O)c2ccc(NC(=O)NCc3ccccc3)cc2)cc1)c1ccccc1. The van der Waals surface area contributed by atoms with E-state index < -0.39 is 12.1 Å². The lowest BCUT2D eigenvalue weighted by atomic mass is 10.1. The van der Waals surface area contributed by atoms with Gasteiger partial charge in [-0.15, -0.1) is 0 Å². The quantitative estimate of drug-likeness (QED) is 0.214. The van der Waals surface area contributed by atoms with Gasteiger partial charge < -0.3 is 25.8 Å². The molecule has 0 heterocycles. The minimum atomic E-state index is -0.961. The number of urea groups is 1. The van der Waals surface area contributed by atoms with Crippen molar-refractivity contribution < 1.29 is 24.2 Å². The Morgan fingerprint density at radius 1 is 0.711 bits per heavy atom. The van der Waals surface area contributed by atoms with Crippen LogP contribution in [0.4, 0.5) is 16.2 Å². The van der Waals surface area contributed by atoms with Crippen LogP contribution in [0.5, 0.6) is 5.75 Å². The van der Waals surface area contributed by atoms with Crippen molar-refractivity contribution in [1.29, 1.82) is 0 Å². The van der Waals surface area contributed by atoms with Crippen molar-refractivity contribution in [2.24, 2.45) is 0 Å². The van der Waals surface area contributed by atoms with Gasteiger partial charge in [-0.05, 0) is 59.7 Å². The average Bonchev–Trinajstić information content (AvgIpc) is 2.94. The predicted molar refractivity (Wildman–Crippen MR) is 145 cm³/mol. The van der Waals surface area contributed by atoms with Crippen LogP contribution in [-0.2, 0) is 11.3 Å². The second-order valence-electron chi connectivity index (χ2n) is 8.46. The standard InChI is InChI=1S/C30H27N3O5/c34-28(35)19-27(22-9-5-2-6-10-22)38-26-17-15-24(16-18-26)32-29(36)23-11-13-25(14-12-23)33-30(37)31-20-21-7-3-1-4-8-21/h1-18,27H,19-20H2,(H,32,36)(H,34,35)(H2,31,33,37). The van der Waals surface area contributed by atoms with Gasteiger partial charge in [0.1, 0.15) is 11.9 Å². The Balaban J connectivity index is 1.30. The van der Waals surface area contributed by atoms with Crippen molar-refractivity contribution >= 4 is 29.3 Å². The number of ether oxygens (including phenoxy) is 1. The Morgan fingerprint density at radius 3 is 1.92 bits per heavy atom. The summed E-state index contributed by atoms with van der Waals surface area (Å²) in [5.74, 6) is -0.789. The van der Waals surface area contributed by atoms with Crippen LogP contribution in [0.15, 0.2) is 109 Å². The molecule has 0 saturated carbocycles. The molecule has 1 atom stereocenters. The predicted octanol–water partition coefficient (Wildman–Crippen LogP) is 5.86. The highest BCUT2D eigenvalue weighted by Crippen LogP contribution is 2.26. The molecule has 0 spiro atoms. The first kappa shape index (κ1) is 26.0. The van der Waals surface area contributed by atoms with Gasteiger partial charge in [-0.1, -0.05) is 60.7 Å². The van der Waals surface area contributed by atoms with E-state index in [9.17, 15) is 19.5 Å². The van der Waals surface area contributed by atoms with E-state index in [1.54, 1.807) is 48.5 Å². The number of carboxylic acids is 1. The molecule has 192 valence electrons. The van der Waals surface area contributed by atoms with Gasteiger partial charge >= 0.3 is 12.0 Å². The number of benzene rings is 4. The van der Waals surface area contributed by atoms with E-state index in [1.807, 2.05) is 60.7 Å². The van der Waals surface area contributed by atoms with E-state index in [-0.39, 0.29) is 18.4 Å². The first-order valence-corrected chi connectivity index (χ1v) is 12.0. The van der Waals surface area contributed by atoms with Crippen LogP contribution >= 0.6 is 0 Å². The van der Waals surface area contributed by atoms with Crippen molar-refractivity contribution in [3.05, 3.63) is 126 Å². The van der Waals surface area contributed by atoms with Gasteiger partial charge in [-0.3, -0.25) is 9.59 Å². The van der Waals surface area contributed by atoms with Gasteiger partial charge in [0.05, 0.1) is 6.42 Å². The number of amides is 3. The van der Waals surface area contributed by atoms with Crippen LogP contribution in [0.2, 0.25) is 0 Å². The zero-order valence-electron chi connectivity index (χ0n) is 20.5. The summed E-state index contributed by atoms with van der Waals surface area (Å²) in [6.45, 7) is 0.406. The van der Waals surface area contributed by atoms with Crippen molar-refractivity contribution in [2.75, 3.05) is 10.6 Å². The van der Waals surface area contributed by atoms with E-state index in [2.05, 4.69) is 16.0 Å². The molecule has 8 nitrogen and oxygen atoms in total. The maximum Gasteiger partial charge on any atom is 0.319 e. The molecule has 4 aromatic carbocycles. The minimum absolute atomic E-state index is 0.179. The highest BCUT2D eigenvalue weighted by atomic mass is 16.5. The summed E-state index contributed by atoms with van der Waals surface area (Å²) in [7, 11) is 0. The summed E-state index contributed by atoms with van der Waals surface area (Å²) < 4.78 is 5.91. The third-order valence-corrected chi connectivity index (χ3v) is 5.62. The fourth-order valence-corrected chi connectivity index (χ4v) is 3.70. The van der Waals surface area contributed by atoms with Gasteiger partial charge in [0.25, 0.3) is 5.91 Å². The van der Waals surface area contributed by atoms with Crippen molar-refractivity contribution in [3.8, 4) is 5.75 Å². The molecule has 3 amide bonds. The van der Waals surface area contributed by atoms with Gasteiger partial charge in [-0.25, -0.2) is 4.79 Å². The maximum absolute atomic E-state index is 12.7. The maximum atomic E-state index is 12.7. The Kier molecular flexibility index (Phi) is 8.70. The van der Waals surface area contributed by atoms with Crippen molar-refractivity contribution in [3.63, 3.8) is 0 Å². The number of carbonyl (C=O) groups excluding carboxylic acids is 2. The lowest BCUT2D eigenvalue weighted by Crippen LogP contribution is -2.28. The lowest BCUT2D eigenvalue weighted by molar-refractivity contribution is -0.138. The van der Waals surface area contributed by atoms with Crippen LogP contribution < -0.4 is 20.7 Å². The summed E-state index contributed by atoms with van der Waals surface area (Å²) in [6.07, 6.45) is -0.816. The number of aliphatic carboxylic acids is 1. The van der Waals surface area contributed by atoms with Gasteiger partial charge in [0.15, 0.2) is 0 Å². The number of hydrogen-bond acceptors (Lipinski definition) is 4. The summed E-state index contributed by atoms with van der Waals surface area (Å²) >= 11 is 0. The minimum Gasteiger partial charge on any atom is -0.485 e. The second-order valence-corrected chi connectivity index (χ2v) is 8.46. The van der Waals surface area contributed by atoms with Crippen LogP contribution in [0, 0.1) is 0 Å². The first-order chi connectivity index (χ1) is 18.5. The molecule has 0 saturated heterocycles. The Bertz CT molecular complexity index is 1360. The van der Waals surface area contributed by atoms with E-state index >= 15 is 0 Å². The zero-order chi connectivity index (χ0) is 26.7. The summed E-state index contributed by atoms with van der Waals surface area (Å²) in [5, 5.41) is 17.6. The number of nitrogens with one attached hydrogen (secondary N) is 3. The van der Waals surface area contributed by atoms with E-state index in [4.69, 9.17) is 4.74 Å². The molecule has 4 N–H and O–H groups in total. The molecule has 4 rings (SSSR count). The Morgan fingerprint density at radius 2 is 1.29 bits per heavy atom. The molecule has 4 aromatic rings. The number of carboxylic acid groups (broad SMARTS) is 1. The number of anilines is 2. The van der Waals surface area contributed by atoms with Crippen LogP contribution in [0.25, 0.3) is 0 Å². The van der Waals surface area contributed by atoms with E-state index in [0.29, 0.717) is 29.2 Å². The molecule has 0 aliphatic rings. The highest BCUT2D eigenvalue weighted by molar-refractivity contribution is 6.04. The highest BCUT2D eigenvalue weighted by Gasteiger charge is 2.17. The average molecular weight is 510 g/mol. The molecule has 1 unspecified atom stereocenters. The molecular weight excluding hydrogens is 482 g/mol. The number of rotatable bonds is 10. The number of carbonyl (C=O) groups is 3. The molecule has 38 heavy (non-hydrogen) atoms.